The van der Waals surface area contributed by atoms with Crippen molar-refractivity contribution in [2.45, 2.75) is 242 Å². The van der Waals surface area contributed by atoms with Crippen molar-refractivity contribution >= 4 is 11.9 Å². The van der Waals surface area contributed by atoms with Crippen molar-refractivity contribution in [2.24, 2.45) is 0 Å². The fraction of sp³-hybridized carbons (Fsp3) is 0.955. The van der Waals surface area contributed by atoms with Crippen molar-refractivity contribution in [3.8, 4) is 0 Å². The zero-order valence-corrected chi connectivity index (χ0v) is 36.3. The Hall–Kier alpha value is -1.50. The monoisotopic (exact) mass is 851 g/mol. The lowest BCUT2D eigenvalue weighted by molar-refractivity contribution is -0.332. The highest BCUT2D eigenvalue weighted by Gasteiger charge is 2.47. The summed E-state index contributed by atoms with van der Waals surface area (Å²) in [6.07, 6.45) is 10.3. The van der Waals surface area contributed by atoms with E-state index in [1.807, 2.05) is 0 Å². The molecule has 15 nitrogen and oxygen atoms in total. The quantitative estimate of drug-likeness (QED) is 0.0333. The maximum Gasteiger partial charge on any atom is 0.306 e. The molecule has 7 N–H and O–H groups in total. The predicted octanol–water partition coefficient (Wildman–Crippen LogP) is 4.87. The molecule has 11 atom stereocenters. The molecule has 2 aliphatic rings. The molecule has 2 fully saturated rings. The molecule has 2 aliphatic heterocycles. The number of hydrogen-bond acceptors (Lipinski definition) is 15. The van der Waals surface area contributed by atoms with Gasteiger partial charge >= 0.3 is 11.9 Å². The molecule has 0 aromatic carbocycles. The molecule has 0 aromatic heterocycles. The number of unbranched alkanes of at least 4 members (excludes halogenated alkanes) is 21. The second-order valence-electron chi connectivity index (χ2n) is 16.6. The first-order valence-corrected chi connectivity index (χ1v) is 23.1. The van der Waals surface area contributed by atoms with E-state index in [2.05, 4.69) is 13.8 Å². The smallest absolute Gasteiger partial charge is 0.306 e. The highest BCUT2D eigenvalue weighted by molar-refractivity contribution is 5.70. The minimum atomic E-state index is -1.76. The van der Waals surface area contributed by atoms with Gasteiger partial charge < -0.3 is 64.2 Å². The summed E-state index contributed by atoms with van der Waals surface area (Å²) >= 11 is 0. The number of aliphatic hydroxyl groups excluding tert-OH is 7. The summed E-state index contributed by atoms with van der Waals surface area (Å²) < 4.78 is 33.4. The normalized spacial score (nSPS) is 27.7. The minimum Gasteiger partial charge on any atom is -0.462 e. The van der Waals surface area contributed by atoms with E-state index in [-0.39, 0.29) is 26.1 Å². The molecular weight excluding hydrogens is 768 g/mol. The Morgan fingerprint density at radius 3 is 1.32 bits per heavy atom. The Balaban J connectivity index is 1.81. The van der Waals surface area contributed by atoms with Gasteiger partial charge in [0.05, 0.1) is 19.8 Å². The molecular formula is C44H82O15. The number of carbonyl (C=O) groups excluding carboxylic acids is 2. The molecule has 2 saturated heterocycles. The Morgan fingerprint density at radius 1 is 0.475 bits per heavy atom. The molecule has 59 heavy (non-hydrogen) atoms. The fourth-order valence-corrected chi connectivity index (χ4v) is 7.45. The average molecular weight is 851 g/mol. The van der Waals surface area contributed by atoms with Gasteiger partial charge in [0.25, 0.3) is 0 Å². The van der Waals surface area contributed by atoms with Gasteiger partial charge in [0.2, 0.25) is 0 Å². The van der Waals surface area contributed by atoms with Gasteiger partial charge in [-0.15, -0.1) is 0 Å². The second kappa shape index (κ2) is 33.1. The summed E-state index contributed by atoms with van der Waals surface area (Å²) in [5.41, 5.74) is 0. The third-order valence-electron chi connectivity index (χ3n) is 11.3. The molecule has 0 radical (unpaired) electrons. The van der Waals surface area contributed by atoms with Gasteiger partial charge in [-0.2, -0.15) is 0 Å². The molecule has 0 spiro atoms. The van der Waals surface area contributed by atoms with Gasteiger partial charge in [0.1, 0.15) is 55.4 Å². The van der Waals surface area contributed by atoms with Crippen LogP contribution in [-0.4, -0.2) is 142 Å². The molecule has 0 saturated carbocycles. The molecule has 0 aromatic rings. The molecule has 2 rings (SSSR count). The van der Waals surface area contributed by atoms with E-state index in [0.29, 0.717) is 12.8 Å². The maximum atomic E-state index is 12.9. The number of carbonyl (C=O) groups is 2. The van der Waals surface area contributed by atoms with Crippen molar-refractivity contribution < 1.29 is 73.8 Å². The lowest BCUT2D eigenvalue weighted by atomic mass is 9.98. The van der Waals surface area contributed by atoms with Gasteiger partial charge in [-0.3, -0.25) is 9.59 Å². The minimum absolute atomic E-state index is 0.172. The summed E-state index contributed by atoms with van der Waals surface area (Å²) in [5, 5.41) is 71.7. The molecule has 2 heterocycles. The standard InChI is InChI=1S/C44H82O15/c1-3-5-7-9-11-12-13-14-15-16-17-18-19-21-23-25-27-36(47)57-32(29-54-35(46)26-24-22-20-10-8-6-4-2)30-55-43-42(53)40(51)38(49)34(59-43)31-56-44-41(52)39(50)37(48)33(28-45)58-44/h32-34,37-45,48-53H,3-31H2,1-2H3. The van der Waals surface area contributed by atoms with Gasteiger partial charge in [0.15, 0.2) is 18.7 Å². The van der Waals surface area contributed by atoms with Gasteiger partial charge in [-0.25, -0.2) is 0 Å². The van der Waals surface area contributed by atoms with Crippen molar-refractivity contribution in [1.29, 1.82) is 0 Å². The van der Waals surface area contributed by atoms with E-state index >= 15 is 0 Å². The average Bonchev–Trinajstić information content (AvgIpc) is 3.23. The summed E-state index contributed by atoms with van der Waals surface area (Å²) in [6, 6.07) is 0. The Morgan fingerprint density at radius 2 is 0.864 bits per heavy atom. The van der Waals surface area contributed by atoms with Crippen LogP contribution >= 0.6 is 0 Å². The van der Waals surface area contributed by atoms with E-state index in [1.54, 1.807) is 0 Å². The van der Waals surface area contributed by atoms with Crippen LogP contribution in [0.5, 0.6) is 0 Å². The number of rotatable bonds is 35. The predicted molar refractivity (Wildman–Crippen MR) is 220 cm³/mol. The van der Waals surface area contributed by atoms with Crippen molar-refractivity contribution in [3.05, 3.63) is 0 Å². The van der Waals surface area contributed by atoms with Crippen LogP contribution in [0.4, 0.5) is 0 Å². The highest BCUT2D eigenvalue weighted by atomic mass is 16.7. The third-order valence-corrected chi connectivity index (χ3v) is 11.3. The van der Waals surface area contributed by atoms with Gasteiger partial charge in [0, 0.05) is 12.8 Å². The summed E-state index contributed by atoms with van der Waals surface area (Å²) in [4.78, 5) is 25.5. The first-order valence-electron chi connectivity index (χ1n) is 23.1. The highest BCUT2D eigenvalue weighted by Crippen LogP contribution is 2.26. The first kappa shape index (κ1) is 53.6. The van der Waals surface area contributed by atoms with E-state index in [9.17, 15) is 45.3 Å². The number of hydrogen-bond donors (Lipinski definition) is 7. The molecule has 0 bridgehead atoms. The van der Waals surface area contributed by atoms with Crippen LogP contribution in [0.3, 0.4) is 0 Å². The third kappa shape index (κ3) is 22.4. The van der Waals surface area contributed by atoms with Crippen LogP contribution < -0.4 is 0 Å². The molecule has 11 unspecified atom stereocenters. The van der Waals surface area contributed by atoms with Crippen LogP contribution in [0.1, 0.15) is 174 Å². The fourth-order valence-electron chi connectivity index (χ4n) is 7.45. The van der Waals surface area contributed by atoms with Crippen molar-refractivity contribution in [2.75, 3.05) is 26.4 Å². The Kier molecular flexibility index (Phi) is 30.1. The van der Waals surface area contributed by atoms with E-state index < -0.39 is 92.7 Å². The lowest BCUT2D eigenvalue weighted by Crippen LogP contribution is -2.61. The summed E-state index contributed by atoms with van der Waals surface area (Å²) in [5.74, 6) is -0.922. The lowest BCUT2D eigenvalue weighted by Gasteiger charge is -2.42. The zero-order chi connectivity index (χ0) is 43.3. The van der Waals surface area contributed by atoms with E-state index in [4.69, 9.17) is 28.4 Å². The van der Waals surface area contributed by atoms with Gasteiger partial charge in [-0.05, 0) is 12.8 Å². The molecule has 348 valence electrons. The Bertz CT molecular complexity index is 1050. The van der Waals surface area contributed by atoms with E-state index in [1.165, 1.54) is 89.9 Å². The topological polar surface area (TPSA) is 231 Å². The number of esters is 2. The molecule has 15 heteroatoms. The summed E-state index contributed by atoms with van der Waals surface area (Å²) in [6.45, 7) is 2.54. The zero-order valence-electron chi connectivity index (χ0n) is 36.3. The molecule has 0 amide bonds. The van der Waals surface area contributed by atoms with E-state index in [0.717, 1.165) is 44.9 Å². The van der Waals surface area contributed by atoms with Crippen LogP contribution in [0.25, 0.3) is 0 Å². The first-order chi connectivity index (χ1) is 28.5. The molecule has 0 aliphatic carbocycles. The van der Waals surface area contributed by atoms with Gasteiger partial charge in [-0.1, -0.05) is 149 Å². The van der Waals surface area contributed by atoms with Crippen LogP contribution in [0, 0.1) is 0 Å². The largest absolute Gasteiger partial charge is 0.462 e. The van der Waals surface area contributed by atoms with Crippen LogP contribution in [0.2, 0.25) is 0 Å². The van der Waals surface area contributed by atoms with Crippen molar-refractivity contribution in [3.63, 3.8) is 0 Å². The SMILES string of the molecule is CCCCCCCCCCCCCCCCCCC(=O)OC(COC(=O)CCCCCCCCC)COC1OC(COC2OC(CO)C(O)C(O)C2O)C(O)C(O)C1O. The van der Waals surface area contributed by atoms with Crippen molar-refractivity contribution in [1.82, 2.24) is 0 Å². The number of aliphatic hydroxyl groups is 7. The second-order valence-corrected chi connectivity index (χ2v) is 16.6. The summed E-state index contributed by atoms with van der Waals surface area (Å²) in [7, 11) is 0. The Labute approximate surface area is 353 Å². The maximum absolute atomic E-state index is 12.9. The van der Waals surface area contributed by atoms with Crippen LogP contribution in [0.15, 0.2) is 0 Å². The number of ether oxygens (including phenoxy) is 6. The van der Waals surface area contributed by atoms with Crippen LogP contribution in [-0.2, 0) is 38.0 Å².